The molecule has 1 aromatic carbocycles. The number of pyridine rings is 1. The van der Waals surface area contributed by atoms with Gasteiger partial charge in [0.15, 0.2) is 0 Å². The van der Waals surface area contributed by atoms with Gasteiger partial charge in [0.05, 0.1) is 7.11 Å². The highest BCUT2D eigenvalue weighted by Crippen LogP contribution is 2.15. The van der Waals surface area contributed by atoms with E-state index >= 15 is 0 Å². The molecule has 0 aliphatic rings. The van der Waals surface area contributed by atoms with Gasteiger partial charge in [-0.25, -0.2) is 0 Å². The minimum Gasteiger partial charge on any atom is -0.497 e. The molecule has 1 atom stereocenters. The second-order valence-corrected chi connectivity index (χ2v) is 5.26. The van der Waals surface area contributed by atoms with E-state index in [9.17, 15) is 0 Å². The van der Waals surface area contributed by atoms with Crippen LogP contribution in [-0.4, -0.2) is 25.2 Å². The maximum atomic E-state index is 5.28. The third-order valence-electron chi connectivity index (χ3n) is 3.77. The second-order valence-electron chi connectivity index (χ2n) is 5.26. The normalized spacial score (nSPS) is 12.1. The molecule has 0 spiro atoms. The van der Waals surface area contributed by atoms with Crippen molar-refractivity contribution in [3.05, 3.63) is 59.4 Å². The molecular formula is C18H24N2O. The zero-order valence-electron chi connectivity index (χ0n) is 13.1. The Labute approximate surface area is 127 Å². The second kappa shape index (κ2) is 7.79. The number of hydrogen-bond donors (Lipinski definition) is 1. The van der Waals surface area contributed by atoms with E-state index in [0.717, 1.165) is 30.7 Å². The highest BCUT2D eigenvalue weighted by atomic mass is 16.5. The number of ether oxygens (including phenoxy) is 1. The molecule has 0 amide bonds. The Bertz CT molecular complexity index is 551. The summed E-state index contributed by atoms with van der Waals surface area (Å²) in [6.07, 6.45) is 4.91. The SMILES string of the molecule is CCc1ccc(CC(Cc2cccc(OC)c2)NC)nc1. The van der Waals surface area contributed by atoms with E-state index in [2.05, 4.69) is 41.5 Å². The summed E-state index contributed by atoms with van der Waals surface area (Å²) in [5.74, 6) is 0.910. The fraction of sp³-hybridized carbons (Fsp3) is 0.389. The van der Waals surface area contributed by atoms with E-state index in [1.165, 1.54) is 11.1 Å². The number of aryl methyl sites for hydroxylation is 1. The van der Waals surface area contributed by atoms with Crippen molar-refractivity contribution in [1.82, 2.24) is 10.3 Å². The highest BCUT2D eigenvalue weighted by Gasteiger charge is 2.10. The van der Waals surface area contributed by atoms with E-state index in [0.29, 0.717) is 6.04 Å². The number of nitrogens with zero attached hydrogens (tertiary/aromatic N) is 1. The zero-order valence-corrected chi connectivity index (χ0v) is 13.1. The summed E-state index contributed by atoms with van der Waals surface area (Å²) in [6.45, 7) is 2.15. The van der Waals surface area contributed by atoms with Crippen molar-refractivity contribution in [3.63, 3.8) is 0 Å². The van der Waals surface area contributed by atoms with Crippen LogP contribution >= 0.6 is 0 Å². The predicted molar refractivity (Wildman–Crippen MR) is 86.9 cm³/mol. The number of rotatable bonds is 7. The standard InChI is InChI=1S/C18H24N2O/c1-4-14-8-9-16(20-13-14)12-17(19-2)10-15-6-5-7-18(11-15)21-3/h5-9,11,13,17,19H,4,10,12H2,1-3H3. The molecule has 3 nitrogen and oxygen atoms in total. The van der Waals surface area contributed by atoms with Crippen LogP contribution in [0, 0.1) is 0 Å². The monoisotopic (exact) mass is 284 g/mol. The summed E-state index contributed by atoms with van der Waals surface area (Å²) in [5, 5.41) is 3.38. The fourth-order valence-corrected chi connectivity index (χ4v) is 2.40. The Morgan fingerprint density at radius 2 is 2.00 bits per heavy atom. The third-order valence-corrected chi connectivity index (χ3v) is 3.77. The largest absolute Gasteiger partial charge is 0.497 e. The number of likely N-dealkylation sites (N-methyl/N-ethyl adjacent to an activating group) is 1. The minimum atomic E-state index is 0.372. The van der Waals surface area contributed by atoms with Gasteiger partial charge in [-0.2, -0.15) is 0 Å². The first-order chi connectivity index (χ1) is 10.2. The first-order valence-electron chi connectivity index (χ1n) is 7.49. The van der Waals surface area contributed by atoms with Crippen LogP contribution in [0.2, 0.25) is 0 Å². The predicted octanol–water partition coefficient (Wildman–Crippen LogP) is 3.03. The lowest BCUT2D eigenvalue weighted by Crippen LogP contribution is -2.30. The maximum Gasteiger partial charge on any atom is 0.119 e. The molecule has 112 valence electrons. The van der Waals surface area contributed by atoms with Crippen molar-refractivity contribution in [3.8, 4) is 5.75 Å². The molecule has 2 aromatic rings. The summed E-state index contributed by atoms with van der Waals surface area (Å²) in [7, 11) is 3.71. The Hall–Kier alpha value is -1.87. The van der Waals surface area contributed by atoms with E-state index < -0.39 is 0 Å². The Balaban J connectivity index is 2.01. The van der Waals surface area contributed by atoms with Gasteiger partial charge in [-0.3, -0.25) is 4.98 Å². The van der Waals surface area contributed by atoms with Crippen molar-refractivity contribution in [2.75, 3.05) is 14.2 Å². The Kier molecular flexibility index (Phi) is 5.76. The summed E-state index contributed by atoms with van der Waals surface area (Å²) in [6, 6.07) is 12.9. The summed E-state index contributed by atoms with van der Waals surface area (Å²) in [5.41, 5.74) is 3.70. The van der Waals surface area contributed by atoms with Gasteiger partial charge in [0.2, 0.25) is 0 Å². The third kappa shape index (κ3) is 4.57. The molecule has 0 saturated heterocycles. The lowest BCUT2D eigenvalue weighted by Gasteiger charge is -2.16. The number of hydrogen-bond acceptors (Lipinski definition) is 3. The van der Waals surface area contributed by atoms with Gasteiger partial charge in [0.25, 0.3) is 0 Å². The lowest BCUT2D eigenvalue weighted by atomic mass is 10.0. The molecule has 1 heterocycles. The van der Waals surface area contributed by atoms with Gasteiger partial charge >= 0.3 is 0 Å². The molecule has 0 saturated carbocycles. The van der Waals surface area contributed by atoms with Gasteiger partial charge in [0.1, 0.15) is 5.75 Å². The van der Waals surface area contributed by atoms with Gasteiger partial charge < -0.3 is 10.1 Å². The summed E-state index contributed by atoms with van der Waals surface area (Å²) >= 11 is 0. The summed E-state index contributed by atoms with van der Waals surface area (Å²) < 4.78 is 5.28. The van der Waals surface area contributed by atoms with Gasteiger partial charge in [-0.1, -0.05) is 25.1 Å². The van der Waals surface area contributed by atoms with Gasteiger partial charge in [-0.05, 0) is 49.2 Å². The van der Waals surface area contributed by atoms with Crippen LogP contribution in [-0.2, 0) is 19.3 Å². The van der Waals surface area contributed by atoms with Crippen molar-refractivity contribution in [2.24, 2.45) is 0 Å². The van der Waals surface area contributed by atoms with Crippen molar-refractivity contribution >= 4 is 0 Å². The Morgan fingerprint density at radius 1 is 1.14 bits per heavy atom. The van der Waals surface area contributed by atoms with Crippen LogP contribution in [0.1, 0.15) is 23.7 Å². The molecule has 2 rings (SSSR count). The molecule has 0 fully saturated rings. The average Bonchev–Trinajstić information content (AvgIpc) is 2.55. The van der Waals surface area contributed by atoms with Crippen LogP contribution in [0.25, 0.3) is 0 Å². The quantitative estimate of drug-likeness (QED) is 0.848. The topological polar surface area (TPSA) is 34.1 Å². The molecule has 1 aromatic heterocycles. The van der Waals surface area contributed by atoms with E-state index in [4.69, 9.17) is 4.74 Å². The molecule has 21 heavy (non-hydrogen) atoms. The molecule has 1 N–H and O–H groups in total. The van der Waals surface area contributed by atoms with Crippen LogP contribution in [0.5, 0.6) is 5.75 Å². The van der Waals surface area contributed by atoms with Crippen LogP contribution in [0.3, 0.4) is 0 Å². The van der Waals surface area contributed by atoms with Crippen molar-refractivity contribution in [2.45, 2.75) is 32.2 Å². The van der Waals surface area contributed by atoms with Crippen molar-refractivity contribution < 1.29 is 4.74 Å². The maximum absolute atomic E-state index is 5.28. The smallest absolute Gasteiger partial charge is 0.119 e. The fourth-order valence-electron chi connectivity index (χ4n) is 2.40. The molecular weight excluding hydrogens is 260 g/mol. The first kappa shape index (κ1) is 15.5. The van der Waals surface area contributed by atoms with Crippen molar-refractivity contribution in [1.29, 1.82) is 0 Å². The number of nitrogens with one attached hydrogen (secondary N) is 1. The Morgan fingerprint density at radius 3 is 2.62 bits per heavy atom. The van der Waals surface area contributed by atoms with Crippen LogP contribution < -0.4 is 10.1 Å². The summed E-state index contributed by atoms with van der Waals surface area (Å²) in [4.78, 5) is 4.55. The molecule has 0 aliphatic heterocycles. The van der Waals surface area contributed by atoms with Crippen LogP contribution in [0.4, 0.5) is 0 Å². The molecule has 1 unspecified atom stereocenters. The average molecular weight is 284 g/mol. The first-order valence-corrected chi connectivity index (χ1v) is 7.49. The number of benzene rings is 1. The van der Waals surface area contributed by atoms with E-state index in [1.807, 2.05) is 25.4 Å². The van der Waals surface area contributed by atoms with E-state index in [1.54, 1.807) is 7.11 Å². The van der Waals surface area contributed by atoms with Gasteiger partial charge in [-0.15, -0.1) is 0 Å². The zero-order chi connectivity index (χ0) is 15.1. The van der Waals surface area contributed by atoms with Gasteiger partial charge in [0, 0.05) is 24.4 Å². The molecule has 0 radical (unpaired) electrons. The molecule has 3 heteroatoms. The minimum absolute atomic E-state index is 0.372. The number of aromatic nitrogens is 1. The van der Waals surface area contributed by atoms with E-state index in [-0.39, 0.29) is 0 Å². The molecule has 0 aliphatic carbocycles. The lowest BCUT2D eigenvalue weighted by molar-refractivity contribution is 0.414. The van der Waals surface area contributed by atoms with Crippen LogP contribution in [0.15, 0.2) is 42.6 Å². The number of methoxy groups -OCH3 is 1. The highest BCUT2D eigenvalue weighted by molar-refractivity contribution is 5.29. The molecule has 0 bridgehead atoms.